The van der Waals surface area contributed by atoms with Crippen molar-refractivity contribution < 1.29 is 14.1 Å². The second kappa shape index (κ2) is 9.68. The summed E-state index contributed by atoms with van der Waals surface area (Å²) in [6.45, 7) is 2.11. The standard InChI is InChI=1S/C22H22Cl2N4O3/c1-30-19-7-6-17(12-18(19)24)25-22(29)15-8-10-28(11-9-15)13-20-26-21(27-31-20)14-2-4-16(23)5-3-14/h2-7,12,15H,8-11,13H2,1H3,(H,25,29). The molecule has 7 nitrogen and oxygen atoms in total. The summed E-state index contributed by atoms with van der Waals surface area (Å²) in [5, 5.41) is 8.12. The van der Waals surface area contributed by atoms with Crippen LogP contribution < -0.4 is 10.1 Å². The summed E-state index contributed by atoms with van der Waals surface area (Å²) in [7, 11) is 1.56. The van der Waals surface area contributed by atoms with E-state index in [1.165, 1.54) is 0 Å². The second-order valence-electron chi connectivity index (χ2n) is 7.41. The Kier molecular flexibility index (Phi) is 6.75. The van der Waals surface area contributed by atoms with Gasteiger partial charge in [-0.1, -0.05) is 28.4 Å². The minimum Gasteiger partial charge on any atom is -0.495 e. The smallest absolute Gasteiger partial charge is 0.241 e. The molecule has 1 fully saturated rings. The molecular weight excluding hydrogens is 439 g/mol. The van der Waals surface area contributed by atoms with Crippen molar-refractivity contribution in [3.63, 3.8) is 0 Å². The Labute approximate surface area is 190 Å². The molecule has 0 radical (unpaired) electrons. The fourth-order valence-electron chi connectivity index (χ4n) is 3.57. The highest BCUT2D eigenvalue weighted by atomic mass is 35.5. The first-order chi connectivity index (χ1) is 15.0. The maximum absolute atomic E-state index is 12.6. The number of likely N-dealkylation sites (tertiary alicyclic amines) is 1. The fraction of sp³-hybridized carbons (Fsp3) is 0.318. The number of aromatic nitrogens is 2. The highest BCUT2D eigenvalue weighted by Crippen LogP contribution is 2.28. The molecule has 0 saturated carbocycles. The molecule has 162 valence electrons. The van der Waals surface area contributed by atoms with Gasteiger partial charge >= 0.3 is 0 Å². The molecule has 1 N–H and O–H groups in total. The molecule has 1 aliphatic rings. The van der Waals surface area contributed by atoms with Gasteiger partial charge in [0, 0.05) is 22.2 Å². The second-order valence-corrected chi connectivity index (χ2v) is 8.25. The number of piperidine rings is 1. The normalized spacial score (nSPS) is 15.1. The van der Waals surface area contributed by atoms with Gasteiger partial charge in [-0.05, 0) is 68.4 Å². The number of rotatable bonds is 6. The first-order valence-electron chi connectivity index (χ1n) is 9.97. The largest absolute Gasteiger partial charge is 0.495 e. The molecule has 1 aromatic heterocycles. The van der Waals surface area contributed by atoms with Gasteiger partial charge in [0.1, 0.15) is 5.75 Å². The average Bonchev–Trinajstić information content (AvgIpc) is 3.23. The molecule has 1 aliphatic heterocycles. The summed E-state index contributed by atoms with van der Waals surface area (Å²) < 4.78 is 10.5. The summed E-state index contributed by atoms with van der Waals surface area (Å²) >= 11 is 12.1. The number of hydrogen-bond donors (Lipinski definition) is 1. The number of amides is 1. The third-order valence-corrected chi connectivity index (χ3v) is 5.85. The lowest BCUT2D eigenvalue weighted by Crippen LogP contribution is -2.37. The summed E-state index contributed by atoms with van der Waals surface area (Å²) in [4.78, 5) is 19.3. The maximum atomic E-state index is 12.6. The predicted octanol–water partition coefficient (Wildman–Crippen LogP) is 4.90. The van der Waals surface area contributed by atoms with Crippen LogP contribution >= 0.6 is 23.2 Å². The van der Waals surface area contributed by atoms with Gasteiger partial charge in [0.15, 0.2) is 0 Å². The Morgan fingerprint density at radius 3 is 2.61 bits per heavy atom. The molecule has 2 heterocycles. The number of carbonyl (C=O) groups excluding carboxylic acids is 1. The van der Waals surface area contributed by atoms with Crippen LogP contribution in [0.3, 0.4) is 0 Å². The lowest BCUT2D eigenvalue weighted by molar-refractivity contribution is -0.121. The van der Waals surface area contributed by atoms with Crippen molar-refractivity contribution in [2.45, 2.75) is 19.4 Å². The zero-order chi connectivity index (χ0) is 21.8. The van der Waals surface area contributed by atoms with E-state index in [2.05, 4.69) is 20.4 Å². The van der Waals surface area contributed by atoms with E-state index < -0.39 is 0 Å². The fourth-order valence-corrected chi connectivity index (χ4v) is 3.95. The number of halogens is 2. The van der Waals surface area contributed by atoms with Crippen LogP contribution in [0.2, 0.25) is 10.0 Å². The van der Waals surface area contributed by atoms with Gasteiger partial charge in [0.2, 0.25) is 17.6 Å². The molecule has 4 rings (SSSR count). The zero-order valence-electron chi connectivity index (χ0n) is 17.0. The maximum Gasteiger partial charge on any atom is 0.241 e. The van der Waals surface area contributed by atoms with Gasteiger partial charge in [0.25, 0.3) is 0 Å². The van der Waals surface area contributed by atoms with Crippen LogP contribution in [0.4, 0.5) is 5.69 Å². The highest BCUT2D eigenvalue weighted by molar-refractivity contribution is 6.32. The first-order valence-corrected chi connectivity index (χ1v) is 10.7. The molecule has 0 bridgehead atoms. The zero-order valence-corrected chi connectivity index (χ0v) is 18.5. The van der Waals surface area contributed by atoms with Crippen LogP contribution in [-0.2, 0) is 11.3 Å². The van der Waals surface area contributed by atoms with Gasteiger partial charge in [0.05, 0.1) is 18.7 Å². The van der Waals surface area contributed by atoms with E-state index in [0.29, 0.717) is 39.7 Å². The van der Waals surface area contributed by atoms with Gasteiger partial charge in [-0.25, -0.2) is 0 Å². The third-order valence-electron chi connectivity index (χ3n) is 5.31. The number of hydrogen-bond acceptors (Lipinski definition) is 6. The van der Waals surface area contributed by atoms with Gasteiger partial charge in [-0.15, -0.1) is 0 Å². The van der Waals surface area contributed by atoms with E-state index >= 15 is 0 Å². The van der Waals surface area contributed by atoms with E-state index in [9.17, 15) is 4.79 Å². The molecule has 31 heavy (non-hydrogen) atoms. The number of ether oxygens (including phenoxy) is 1. The minimum atomic E-state index is -0.0514. The number of benzene rings is 2. The molecular formula is C22H22Cl2N4O3. The van der Waals surface area contributed by atoms with Crippen molar-refractivity contribution in [3.8, 4) is 17.1 Å². The number of methoxy groups -OCH3 is 1. The van der Waals surface area contributed by atoms with Gasteiger partial charge in [-0.2, -0.15) is 4.98 Å². The van der Waals surface area contributed by atoms with Crippen LogP contribution in [0.5, 0.6) is 5.75 Å². The van der Waals surface area contributed by atoms with Gasteiger partial charge in [-0.3, -0.25) is 9.69 Å². The summed E-state index contributed by atoms with van der Waals surface area (Å²) in [6, 6.07) is 12.5. The van der Waals surface area contributed by atoms with Crippen molar-refractivity contribution in [2.24, 2.45) is 5.92 Å². The summed E-state index contributed by atoms with van der Waals surface area (Å²) in [5.41, 5.74) is 1.52. The Hall–Kier alpha value is -2.61. The topological polar surface area (TPSA) is 80.5 Å². The molecule has 0 aliphatic carbocycles. The Bertz CT molecular complexity index is 1050. The average molecular weight is 461 g/mol. The first kappa shape index (κ1) is 21.6. The SMILES string of the molecule is COc1ccc(NC(=O)C2CCN(Cc3nc(-c4ccc(Cl)cc4)no3)CC2)cc1Cl. The highest BCUT2D eigenvalue weighted by Gasteiger charge is 2.26. The quantitative estimate of drug-likeness (QED) is 0.563. The van der Waals surface area contributed by atoms with Crippen LogP contribution in [-0.4, -0.2) is 41.1 Å². The minimum absolute atomic E-state index is 0.00342. The van der Waals surface area contributed by atoms with E-state index in [1.807, 2.05) is 12.1 Å². The molecule has 2 aromatic carbocycles. The lowest BCUT2D eigenvalue weighted by Gasteiger charge is -2.30. The third kappa shape index (κ3) is 5.36. The molecule has 1 amide bonds. The molecule has 0 atom stereocenters. The van der Waals surface area contributed by atoms with Crippen molar-refractivity contribution >= 4 is 34.8 Å². The van der Waals surface area contributed by atoms with Crippen LogP contribution in [0.25, 0.3) is 11.4 Å². The molecule has 0 unspecified atom stereocenters. The Balaban J connectivity index is 1.28. The van der Waals surface area contributed by atoms with Crippen molar-refractivity contribution in [2.75, 3.05) is 25.5 Å². The number of carbonyl (C=O) groups is 1. The number of nitrogens with one attached hydrogen (secondary N) is 1. The Morgan fingerprint density at radius 2 is 1.94 bits per heavy atom. The molecule has 0 spiro atoms. The lowest BCUT2D eigenvalue weighted by atomic mass is 9.96. The van der Waals surface area contributed by atoms with Gasteiger partial charge < -0.3 is 14.6 Å². The van der Waals surface area contributed by atoms with Crippen molar-refractivity contribution in [3.05, 3.63) is 58.4 Å². The molecule has 3 aromatic rings. The predicted molar refractivity (Wildman–Crippen MR) is 119 cm³/mol. The van der Waals surface area contributed by atoms with Crippen molar-refractivity contribution in [1.82, 2.24) is 15.0 Å². The van der Waals surface area contributed by atoms with E-state index in [0.717, 1.165) is 31.5 Å². The monoisotopic (exact) mass is 460 g/mol. The Morgan fingerprint density at radius 1 is 1.19 bits per heavy atom. The number of nitrogens with zero attached hydrogens (tertiary/aromatic N) is 3. The van der Waals surface area contributed by atoms with Crippen molar-refractivity contribution in [1.29, 1.82) is 0 Å². The van der Waals surface area contributed by atoms with E-state index in [4.69, 9.17) is 32.5 Å². The van der Waals surface area contributed by atoms with E-state index in [-0.39, 0.29) is 11.8 Å². The molecule has 1 saturated heterocycles. The summed E-state index contributed by atoms with van der Waals surface area (Å²) in [5.74, 6) is 1.63. The van der Waals surface area contributed by atoms with Crippen LogP contribution in [0, 0.1) is 5.92 Å². The van der Waals surface area contributed by atoms with Crippen LogP contribution in [0.1, 0.15) is 18.7 Å². The van der Waals surface area contributed by atoms with E-state index in [1.54, 1.807) is 37.4 Å². The molecule has 9 heteroatoms. The summed E-state index contributed by atoms with van der Waals surface area (Å²) in [6.07, 6.45) is 1.52. The van der Waals surface area contributed by atoms with Crippen LogP contribution in [0.15, 0.2) is 47.0 Å². The number of anilines is 1.